The number of Topliss-reactive ketones (excluding diaryl/α,β-unsaturated/α-hetero) is 1. The average Bonchev–Trinajstić information content (AvgIpc) is 2.44. The van der Waals surface area contributed by atoms with Crippen LogP contribution in [-0.4, -0.2) is 22.9 Å². The minimum Gasteiger partial charge on any atom is -0.383 e. The second-order valence-electron chi connectivity index (χ2n) is 6.15. The highest BCUT2D eigenvalue weighted by Gasteiger charge is 2.58. The van der Waals surface area contributed by atoms with Crippen LogP contribution in [0.25, 0.3) is 0 Å². The molecule has 0 spiro atoms. The van der Waals surface area contributed by atoms with E-state index in [-0.39, 0.29) is 24.0 Å². The molecule has 2 nitrogen and oxygen atoms in total. The highest BCUT2D eigenvalue weighted by Crippen LogP contribution is 2.51. The third kappa shape index (κ3) is 2.38. The van der Waals surface area contributed by atoms with Gasteiger partial charge in [-0.1, -0.05) is 30.2 Å². The van der Waals surface area contributed by atoms with Crippen LogP contribution in [0.3, 0.4) is 0 Å². The maximum Gasteiger partial charge on any atom is 0.267 e. The summed E-state index contributed by atoms with van der Waals surface area (Å²) in [6, 6.07) is 6.91. The number of halogens is 3. The smallest absolute Gasteiger partial charge is 0.267 e. The molecule has 0 aliphatic heterocycles. The second-order valence-corrected chi connectivity index (χ2v) is 6.58. The van der Waals surface area contributed by atoms with E-state index in [2.05, 4.69) is 0 Å². The molecule has 0 unspecified atom stereocenters. The molecule has 5 heteroatoms. The maximum absolute atomic E-state index is 13.4. The molecule has 2 fully saturated rings. The van der Waals surface area contributed by atoms with Crippen LogP contribution < -0.4 is 0 Å². The summed E-state index contributed by atoms with van der Waals surface area (Å²) in [6.45, 7) is 0. The largest absolute Gasteiger partial charge is 0.383 e. The van der Waals surface area contributed by atoms with Gasteiger partial charge in [0.05, 0.1) is 5.92 Å². The fourth-order valence-corrected chi connectivity index (χ4v) is 4.04. The van der Waals surface area contributed by atoms with Gasteiger partial charge in [-0.2, -0.15) is 0 Å². The Morgan fingerprint density at radius 2 is 1.86 bits per heavy atom. The SMILES string of the molecule is O=C1[C@H]2CCC[C@@H]1[C@](O)(C(F)F)C[C@H]2c1ccc(Cl)cc1. The van der Waals surface area contributed by atoms with Crippen molar-refractivity contribution in [1.82, 2.24) is 0 Å². The van der Waals surface area contributed by atoms with Crippen LogP contribution in [0, 0.1) is 11.8 Å². The number of carbonyl (C=O) groups excluding carboxylic acids is 1. The van der Waals surface area contributed by atoms with Crippen molar-refractivity contribution in [2.45, 2.75) is 43.6 Å². The molecule has 0 amide bonds. The molecule has 1 aromatic carbocycles. The van der Waals surface area contributed by atoms with Gasteiger partial charge in [-0.05, 0) is 42.9 Å². The Bertz CT molecular complexity index is 546. The van der Waals surface area contributed by atoms with Gasteiger partial charge < -0.3 is 5.11 Å². The topological polar surface area (TPSA) is 37.3 Å². The van der Waals surface area contributed by atoms with Crippen LogP contribution in [0.15, 0.2) is 24.3 Å². The van der Waals surface area contributed by atoms with Crippen LogP contribution >= 0.6 is 11.6 Å². The highest BCUT2D eigenvalue weighted by atomic mass is 35.5. The fraction of sp³-hybridized carbons (Fsp3) is 0.562. The van der Waals surface area contributed by atoms with E-state index in [1.54, 1.807) is 24.3 Å². The molecular formula is C16H17ClF2O2. The van der Waals surface area contributed by atoms with Crippen LogP contribution in [0.4, 0.5) is 8.78 Å². The molecular weight excluding hydrogens is 298 g/mol. The Morgan fingerprint density at radius 3 is 2.48 bits per heavy atom. The fourth-order valence-electron chi connectivity index (χ4n) is 3.92. The normalized spacial score (nSPS) is 36.0. The summed E-state index contributed by atoms with van der Waals surface area (Å²) in [5.74, 6) is -1.73. The van der Waals surface area contributed by atoms with E-state index >= 15 is 0 Å². The molecule has 2 bridgehead atoms. The molecule has 1 N–H and O–H groups in total. The molecule has 0 heterocycles. The summed E-state index contributed by atoms with van der Waals surface area (Å²) in [5.41, 5.74) is -1.39. The number of hydrogen-bond acceptors (Lipinski definition) is 2. The summed E-state index contributed by atoms with van der Waals surface area (Å²) in [7, 11) is 0. The van der Waals surface area contributed by atoms with Crippen molar-refractivity contribution in [2.75, 3.05) is 0 Å². The van der Waals surface area contributed by atoms with Gasteiger partial charge in [0, 0.05) is 10.9 Å². The first-order valence-corrected chi connectivity index (χ1v) is 7.61. The van der Waals surface area contributed by atoms with E-state index in [0.717, 1.165) is 5.56 Å². The zero-order chi connectivity index (χ0) is 15.2. The predicted octanol–water partition coefficient (Wildman–Crippen LogP) is 3.81. The molecule has 1 aromatic rings. The zero-order valence-electron chi connectivity index (χ0n) is 11.4. The lowest BCUT2D eigenvalue weighted by Crippen LogP contribution is -2.57. The Morgan fingerprint density at radius 1 is 1.19 bits per heavy atom. The van der Waals surface area contributed by atoms with E-state index in [1.807, 2.05) is 0 Å². The van der Waals surface area contributed by atoms with E-state index in [1.165, 1.54) is 0 Å². The Hall–Kier alpha value is -1.00. The first-order valence-electron chi connectivity index (χ1n) is 7.23. The first kappa shape index (κ1) is 14.9. The van der Waals surface area contributed by atoms with Crippen LogP contribution in [0.5, 0.6) is 0 Å². The summed E-state index contributed by atoms with van der Waals surface area (Å²) >= 11 is 5.85. The van der Waals surface area contributed by atoms with E-state index in [9.17, 15) is 18.7 Å². The standard InChI is InChI=1S/C16H17ClF2O2/c17-10-6-4-9(5-7-10)12-8-16(21,15(18)19)13-3-1-2-11(12)14(13)20/h4-7,11-13,15,21H,1-3,8H2/t11-,12-,13-,16-/m0/s1. The molecule has 2 aliphatic rings. The minimum atomic E-state index is -2.90. The second kappa shape index (κ2) is 5.33. The van der Waals surface area contributed by atoms with E-state index in [0.29, 0.717) is 24.3 Å². The molecule has 2 aliphatic carbocycles. The van der Waals surface area contributed by atoms with Gasteiger partial charge in [-0.25, -0.2) is 8.78 Å². The van der Waals surface area contributed by atoms with Crippen LogP contribution in [0.2, 0.25) is 5.02 Å². The Balaban J connectivity index is 2.00. The number of fused-ring (bicyclic) bond motifs is 2. The summed E-state index contributed by atoms with van der Waals surface area (Å²) < 4.78 is 26.8. The van der Waals surface area contributed by atoms with Crippen molar-refractivity contribution in [3.8, 4) is 0 Å². The summed E-state index contributed by atoms with van der Waals surface area (Å²) in [4.78, 5) is 12.5. The molecule has 3 rings (SSSR count). The van der Waals surface area contributed by atoms with Crippen LogP contribution in [-0.2, 0) is 4.79 Å². The van der Waals surface area contributed by atoms with Crippen molar-refractivity contribution in [1.29, 1.82) is 0 Å². The lowest BCUT2D eigenvalue weighted by molar-refractivity contribution is -0.181. The number of benzene rings is 1. The maximum atomic E-state index is 13.4. The van der Waals surface area contributed by atoms with Crippen molar-refractivity contribution in [3.63, 3.8) is 0 Å². The number of rotatable bonds is 2. The van der Waals surface area contributed by atoms with Gasteiger partial charge in [-0.3, -0.25) is 4.79 Å². The zero-order valence-corrected chi connectivity index (χ0v) is 12.2. The number of carbonyl (C=O) groups is 1. The average molecular weight is 315 g/mol. The quantitative estimate of drug-likeness (QED) is 0.901. The molecule has 0 saturated heterocycles. The number of ketones is 1. The molecule has 4 atom stereocenters. The van der Waals surface area contributed by atoms with Gasteiger partial charge in [0.1, 0.15) is 11.4 Å². The number of aliphatic hydroxyl groups is 1. The van der Waals surface area contributed by atoms with E-state index in [4.69, 9.17) is 11.6 Å². The predicted molar refractivity (Wildman–Crippen MR) is 75.6 cm³/mol. The third-order valence-electron chi connectivity index (χ3n) is 5.03. The molecule has 2 saturated carbocycles. The lowest BCUT2D eigenvalue weighted by Gasteiger charge is -2.48. The van der Waals surface area contributed by atoms with Gasteiger partial charge in [0.15, 0.2) is 0 Å². The summed E-state index contributed by atoms with van der Waals surface area (Å²) in [6.07, 6.45) is -1.18. The number of alkyl halides is 2. The van der Waals surface area contributed by atoms with Gasteiger partial charge in [-0.15, -0.1) is 0 Å². The minimum absolute atomic E-state index is 0.0621. The Labute approximate surface area is 127 Å². The highest BCUT2D eigenvalue weighted by molar-refractivity contribution is 6.30. The Kier molecular flexibility index (Phi) is 3.78. The van der Waals surface area contributed by atoms with Gasteiger partial charge in [0.25, 0.3) is 6.43 Å². The molecule has 0 aromatic heterocycles. The van der Waals surface area contributed by atoms with Gasteiger partial charge >= 0.3 is 0 Å². The van der Waals surface area contributed by atoms with Crippen molar-refractivity contribution < 1.29 is 18.7 Å². The monoisotopic (exact) mass is 314 g/mol. The van der Waals surface area contributed by atoms with Crippen LogP contribution in [0.1, 0.15) is 37.2 Å². The first-order chi connectivity index (χ1) is 9.93. The van der Waals surface area contributed by atoms with Crippen molar-refractivity contribution in [3.05, 3.63) is 34.9 Å². The molecule has 114 valence electrons. The third-order valence-corrected chi connectivity index (χ3v) is 5.28. The number of hydrogen-bond donors (Lipinski definition) is 1. The molecule has 0 radical (unpaired) electrons. The lowest BCUT2D eigenvalue weighted by atomic mass is 9.58. The van der Waals surface area contributed by atoms with E-state index < -0.39 is 17.9 Å². The molecule has 21 heavy (non-hydrogen) atoms. The summed E-state index contributed by atoms with van der Waals surface area (Å²) in [5, 5.41) is 11.0. The van der Waals surface area contributed by atoms with Gasteiger partial charge in [0.2, 0.25) is 0 Å². The van der Waals surface area contributed by atoms with Crippen molar-refractivity contribution >= 4 is 17.4 Å². The van der Waals surface area contributed by atoms with Crippen molar-refractivity contribution in [2.24, 2.45) is 11.8 Å².